The van der Waals surface area contributed by atoms with Gasteiger partial charge >= 0.3 is 0 Å². The highest BCUT2D eigenvalue weighted by Crippen LogP contribution is 2.73. The summed E-state index contributed by atoms with van der Waals surface area (Å²) in [6.07, 6.45) is 0. The van der Waals surface area contributed by atoms with E-state index in [9.17, 15) is 0 Å². The lowest BCUT2D eigenvalue weighted by Gasteiger charge is -2.42. The van der Waals surface area contributed by atoms with Gasteiger partial charge in [0.15, 0.2) is 0 Å². The van der Waals surface area contributed by atoms with Crippen molar-refractivity contribution in [1.29, 1.82) is 0 Å². The molecule has 53 heavy (non-hydrogen) atoms. The van der Waals surface area contributed by atoms with Crippen LogP contribution in [0.2, 0.25) is 0 Å². The van der Waals surface area contributed by atoms with Crippen LogP contribution < -0.4 is 0 Å². The Bertz CT molecular complexity index is 2770. The van der Waals surface area contributed by atoms with Crippen molar-refractivity contribution in [2.24, 2.45) is 0 Å². The summed E-state index contributed by atoms with van der Waals surface area (Å²) in [5.74, 6) is 0. The highest BCUT2D eigenvalue weighted by molar-refractivity contribution is 8.34. The Balaban J connectivity index is 1.25. The van der Waals surface area contributed by atoms with E-state index in [1.807, 2.05) is 0 Å². The molecule has 0 atom stereocenters. The summed E-state index contributed by atoms with van der Waals surface area (Å²) in [7, 11) is -1.80. The van der Waals surface area contributed by atoms with Gasteiger partial charge in [0.2, 0.25) is 0 Å². The molecule has 0 N–H and O–H groups in total. The smallest absolute Gasteiger partial charge is 0.00293 e. The first kappa shape index (κ1) is 31.3. The standard InChI is InChI=1S/C52H36S/c1-4-19-41(20-5-1)53(42-21-6-2-7-22-42,43-23-8-3-9-24-43)44-34-33-37-31-32-39(35-40(37)36-44)51-47-26-12-14-28-49(47)52(50-29-15-13-27-48(50)51)46-30-16-18-38-17-10-11-25-45(38)46/h1-36H. The fraction of sp³-hybridized carbons (Fsp3) is 0. The Morgan fingerprint density at radius 3 is 1.26 bits per heavy atom. The Hall–Kier alpha value is -6.41. The lowest BCUT2D eigenvalue weighted by Crippen LogP contribution is -2.05. The molecule has 0 aliphatic carbocycles. The molecule has 0 saturated heterocycles. The van der Waals surface area contributed by atoms with E-state index in [1.54, 1.807) is 0 Å². The topological polar surface area (TPSA) is 0 Å². The average molecular weight is 693 g/mol. The van der Waals surface area contributed by atoms with E-state index in [4.69, 9.17) is 0 Å². The minimum Gasteiger partial charge on any atom is -0.133 e. The van der Waals surface area contributed by atoms with Crippen LogP contribution >= 0.6 is 10.0 Å². The van der Waals surface area contributed by atoms with Crippen molar-refractivity contribution in [1.82, 2.24) is 0 Å². The molecule has 0 saturated carbocycles. The van der Waals surface area contributed by atoms with Crippen LogP contribution in [0.25, 0.3) is 65.3 Å². The predicted octanol–water partition coefficient (Wildman–Crippen LogP) is 15.0. The zero-order valence-electron chi connectivity index (χ0n) is 29.2. The molecule has 0 aliphatic heterocycles. The van der Waals surface area contributed by atoms with Gasteiger partial charge in [0.25, 0.3) is 0 Å². The predicted molar refractivity (Wildman–Crippen MR) is 227 cm³/mol. The van der Waals surface area contributed by atoms with Gasteiger partial charge < -0.3 is 0 Å². The third kappa shape index (κ3) is 5.08. The van der Waals surface area contributed by atoms with Crippen LogP contribution in [-0.2, 0) is 0 Å². The number of benzene rings is 10. The summed E-state index contributed by atoms with van der Waals surface area (Å²) in [6.45, 7) is 0. The van der Waals surface area contributed by atoms with Gasteiger partial charge in [-0.15, -0.1) is 10.0 Å². The molecular weight excluding hydrogens is 657 g/mol. The largest absolute Gasteiger partial charge is 0.133 e. The Morgan fingerprint density at radius 2 is 0.698 bits per heavy atom. The molecule has 0 bridgehead atoms. The maximum atomic E-state index is 2.47. The molecule has 0 unspecified atom stereocenters. The van der Waals surface area contributed by atoms with Crippen LogP contribution in [0.15, 0.2) is 238 Å². The summed E-state index contributed by atoms with van der Waals surface area (Å²) >= 11 is 0. The molecule has 0 nitrogen and oxygen atoms in total. The SMILES string of the molecule is c1ccc(S(c2ccccc2)(c2ccccc2)c2ccc3ccc(-c4c5ccccc5c(-c5cccc6ccccc56)c5ccccc45)cc3c2)cc1. The van der Waals surface area contributed by atoms with Crippen molar-refractivity contribution in [2.45, 2.75) is 19.6 Å². The number of rotatable bonds is 6. The first-order chi connectivity index (χ1) is 26.3. The highest BCUT2D eigenvalue weighted by atomic mass is 32.3. The zero-order valence-corrected chi connectivity index (χ0v) is 30.0. The van der Waals surface area contributed by atoms with Gasteiger partial charge in [-0.2, -0.15) is 0 Å². The van der Waals surface area contributed by atoms with Gasteiger partial charge in [-0.1, -0.05) is 164 Å². The van der Waals surface area contributed by atoms with Crippen LogP contribution in [-0.4, -0.2) is 0 Å². The Labute approximate surface area is 312 Å². The number of hydrogen-bond acceptors (Lipinski definition) is 0. The van der Waals surface area contributed by atoms with Gasteiger partial charge in [-0.05, 0) is 120 Å². The maximum absolute atomic E-state index is 2.47. The van der Waals surface area contributed by atoms with Gasteiger partial charge in [-0.25, -0.2) is 0 Å². The van der Waals surface area contributed by atoms with E-state index < -0.39 is 10.0 Å². The van der Waals surface area contributed by atoms with Crippen LogP contribution in [0.3, 0.4) is 0 Å². The second-order valence-corrected chi connectivity index (χ2v) is 16.8. The molecule has 10 aromatic rings. The lowest BCUT2D eigenvalue weighted by atomic mass is 9.84. The molecule has 0 aromatic heterocycles. The van der Waals surface area contributed by atoms with Gasteiger partial charge in [-0.3, -0.25) is 0 Å². The molecular formula is C52H36S. The molecule has 10 aromatic carbocycles. The monoisotopic (exact) mass is 692 g/mol. The van der Waals surface area contributed by atoms with Gasteiger partial charge in [0.05, 0.1) is 0 Å². The van der Waals surface area contributed by atoms with E-state index in [-0.39, 0.29) is 0 Å². The molecule has 1 heteroatoms. The van der Waals surface area contributed by atoms with E-state index in [2.05, 4.69) is 218 Å². The first-order valence-electron chi connectivity index (χ1n) is 18.3. The van der Waals surface area contributed by atoms with Crippen molar-refractivity contribution in [3.05, 3.63) is 218 Å². The minimum atomic E-state index is -1.80. The van der Waals surface area contributed by atoms with E-state index in [1.165, 1.54) is 84.9 Å². The van der Waals surface area contributed by atoms with Crippen LogP contribution in [0, 0.1) is 0 Å². The number of fused-ring (bicyclic) bond motifs is 4. The average Bonchev–Trinajstić information content (AvgIpc) is 3.24. The van der Waals surface area contributed by atoms with Gasteiger partial charge in [0.1, 0.15) is 0 Å². The Morgan fingerprint density at radius 1 is 0.245 bits per heavy atom. The van der Waals surface area contributed by atoms with Crippen LogP contribution in [0.4, 0.5) is 0 Å². The molecule has 0 radical (unpaired) electrons. The normalized spacial score (nSPS) is 12.1. The van der Waals surface area contributed by atoms with E-state index >= 15 is 0 Å². The zero-order chi connectivity index (χ0) is 35.2. The third-order valence-corrected chi connectivity index (χ3v) is 14.6. The fourth-order valence-electron chi connectivity index (χ4n) is 8.43. The van der Waals surface area contributed by atoms with Crippen molar-refractivity contribution >= 4 is 53.1 Å². The third-order valence-electron chi connectivity index (χ3n) is 10.7. The molecule has 0 fully saturated rings. The summed E-state index contributed by atoms with van der Waals surface area (Å²) in [6, 6.07) is 80.9. The summed E-state index contributed by atoms with van der Waals surface area (Å²) < 4.78 is 0. The Kier molecular flexibility index (Phi) is 7.67. The van der Waals surface area contributed by atoms with Crippen molar-refractivity contribution < 1.29 is 0 Å². The molecule has 250 valence electrons. The summed E-state index contributed by atoms with van der Waals surface area (Å²) in [5, 5.41) is 10.1. The van der Waals surface area contributed by atoms with Crippen LogP contribution in [0.5, 0.6) is 0 Å². The lowest BCUT2D eigenvalue weighted by molar-refractivity contribution is 1.25. The molecule has 0 spiro atoms. The molecule has 0 aliphatic rings. The van der Waals surface area contributed by atoms with Crippen LogP contribution in [0.1, 0.15) is 0 Å². The minimum absolute atomic E-state index is 1.23. The number of hydrogen-bond donors (Lipinski definition) is 0. The van der Waals surface area contributed by atoms with Crippen molar-refractivity contribution in [2.75, 3.05) is 0 Å². The van der Waals surface area contributed by atoms with Crippen molar-refractivity contribution in [3.63, 3.8) is 0 Å². The van der Waals surface area contributed by atoms with Gasteiger partial charge in [0, 0.05) is 19.6 Å². The quantitative estimate of drug-likeness (QED) is 0.152. The second-order valence-electron chi connectivity index (χ2n) is 13.6. The summed E-state index contributed by atoms with van der Waals surface area (Å²) in [4.78, 5) is 5.31. The van der Waals surface area contributed by atoms with Crippen molar-refractivity contribution in [3.8, 4) is 22.3 Å². The van der Waals surface area contributed by atoms with E-state index in [0.717, 1.165) is 0 Å². The fourth-order valence-corrected chi connectivity index (χ4v) is 12.3. The second kappa shape index (κ2) is 13.0. The molecule has 0 amide bonds. The molecule has 10 rings (SSSR count). The highest BCUT2D eigenvalue weighted by Gasteiger charge is 2.33. The maximum Gasteiger partial charge on any atom is 0.00293 e. The first-order valence-corrected chi connectivity index (χ1v) is 19.9. The summed E-state index contributed by atoms with van der Waals surface area (Å²) in [5.41, 5.74) is 5.07. The van der Waals surface area contributed by atoms with E-state index in [0.29, 0.717) is 0 Å². The molecule has 0 heterocycles.